The van der Waals surface area contributed by atoms with Crippen LogP contribution in [0, 0.1) is 6.92 Å². The molecule has 0 unspecified atom stereocenters. The van der Waals surface area contributed by atoms with Gasteiger partial charge < -0.3 is 10.2 Å². The number of carbonyl (C=O) groups excluding carboxylic acids is 2. The zero-order valence-electron chi connectivity index (χ0n) is 15.9. The van der Waals surface area contributed by atoms with Crippen molar-refractivity contribution in [3.63, 3.8) is 0 Å². The van der Waals surface area contributed by atoms with E-state index in [2.05, 4.69) is 17.6 Å². The van der Waals surface area contributed by atoms with E-state index in [1.807, 2.05) is 54.8 Å². The van der Waals surface area contributed by atoms with Gasteiger partial charge in [0.25, 0.3) is 5.91 Å². The van der Waals surface area contributed by atoms with Gasteiger partial charge in [0.2, 0.25) is 5.91 Å². The molecule has 2 heterocycles. The Hall–Kier alpha value is -1.53. The van der Waals surface area contributed by atoms with E-state index in [1.165, 1.54) is 0 Å². The van der Waals surface area contributed by atoms with Crippen molar-refractivity contribution in [3.05, 3.63) is 35.4 Å². The Bertz CT molecular complexity index is 654. The Morgan fingerprint density at radius 2 is 1.96 bits per heavy atom. The summed E-state index contributed by atoms with van der Waals surface area (Å²) in [5.74, 6) is 1.00. The van der Waals surface area contributed by atoms with Gasteiger partial charge >= 0.3 is 0 Å². The van der Waals surface area contributed by atoms with Gasteiger partial charge in [-0.1, -0.05) is 24.6 Å². The SMILES string of the molecule is CC[C@H](C)NC(=O)[C@H]1CSC2(CCN(C(=O)c3ccc(C)cc3)CC2)N1. The van der Waals surface area contributed by atoms with Gasteiger partial charge in [0.05, 0.1) is 10.9 Å². The van der Waals surface area contributed by atoms with E-state index in [9.17, 15) is 9.59 Å². The van der Waals surface area contributed by atoms with E-state index in [-0.39, 0.29) is 28.8 Å². The predicted octanol–water partition coefficient (Wildman–Crippen LogP) is 2.55. The Balaban J connectivity index is 1.54. The van der Waals surface area contributed by atoms with Crippen molar-refractivity contribution in [1.29, 1.82) is 0 Å². The van der Waals surface area contributed by atoms with Crippen molar-refractivity contribution < 1.29 is 9.59 Å². The summed E-state index contributed by atoms with van der Waals surface area (Å²) in [7, 11) is 0. The van der Waals surface area contributed by atoms with E-state index in [0.29, 0.717) is 0 Å². The highest BCUT2D eigenvalue weighted by Gasteiger charge is 2.44. The summed E-state index contributed by atoms with van der Waals surface area (Å²) in [4.78, 5) is 26.9. The number of thioether (sulfide) groups is 1. The Morgan fingerprint density at radius 3 is 2.58 bits per heavy atom. The number of benzene rings is 1. The quantitative estimate of drug-likeness (QED) is 0.849. The summed E-state index contributed by atoms with van der Waals surface area (Å²) in [5, 5.41) is 6.62. The third-order valence-electron chi connectivity index (χ3n) is 5.44. The first-order chi connectivity index (χ1) is 12.4. The molecule has 3 rings (SSSR count). The molecule has 2 N–H and O–H groups in total. The lowest BCUT2D eigenvalue weighted by Crippen LogP contribution is -2.55. The fourth-order valence-electron chi connectivity index (χ4n) is 3.47. The normalized spacial score (nSPS) is 23.0. The number of rotatable bonds is 4. The molecule has 6 heteroatoms. The van der Waals surface area contributed by atoms with Crippen LogP contribution in [-0.2, 0) is 4.79 Å². The molecule has 0 radical (unpaired) electrons. The number of aryl methyl sites for hydroxylation is 1. The van der Waals surface area contributed by atoms with Crippen molar-refractivity contribution in [2.75, 3.05) is 18.8 Å². The lowest BCUT2D eigenvalue weighted by atomic mass is 10.0. The van der Waals surface area contributed by atoms with Gasteiger partial charge in [0.15, 0.2) is 0 Å². The first kappa shape index (κ1) is 19.2. The van der Waals surface area contributed by atoms with Gasteiger partial charge in [-0.15, -0.1) is 11.8 Å². The first-order valence-electron chi connectivity index (χ1n) is 9.50. The average Bonchev–Trinajstić information content (AvgIpc) is 3.06. The lowest BCUT2D eigenvalue weighted by Gasteiger charge is -2.39. The van der Waals surface area contributed by atoms with Gasteiger partial charge in [0.1, 0.15) is 0 Å². The van der Waals surface area contributed by atoms with Crippen molar-refractivity contribution in [2.45, 2.75) is 57.0 Å². The summed E-state index contributed by atoms with van der Waals surface area (Å²) in [6.45, 7) is 7.59. The van der Waals surface area contributed by atoms with Crippen LogP contribution >= 0.6 is 11.8 Å². The molecule has 5 nitrogen and oxygen atoms in total. The maximum absolute atomic E-state index is 12.7. The molecule has 1 spiro atoms. The monoisotopic (exact) mass is 375 g/mol. The molecule has 1 aromatic rings. The summed E-state index contributed by atoms with van der Waals surface area (Å²) in [5.41, 5.74) is 1.91. The van der Waals surface area contributed by atoms with Crippen molar-refractivity contribution in [2.24, 2.45) is 0 Å². The van der Waals surface area contributed by atoms with Crippen LogP contribution in [0.5, 0.6) is 0 Å². The van der Waals surface area contributed by atoms with Crippen molar-refractivity contribution in [3.8, 4) is 0 Å². The number of hydrogen-bond acceptors (Lipinski definition) is 4. The summed E-state index contributed by atoms with van der Waals surface area (Å²) < 4.78 is 0. The standard InChI is InChI=1S/C20H29N3O2S/c1-4-15(3)21-18(24)17-13-26-20(22-17)9-11-23(12-10-20)19(25)16-7-5-14(2)6-8-16/h5-8,15,17,22H,4,9-13H2,1-3H3,(H,21,24)/t15-,17+/m0/s1. The van der Waals surface area contributed by atoms with Crippen LogP contribution < -0.4 is 10.6 Å². The second-order valence-electron chi connectivity index (χ2n) is 7.48. The number of hydrogen-bond donors (Lipinski definition) is 2. The molecule has 1 aromatic carbocycles. The molecule has 2 aliphatic rings. The maximum atomic E-state index is 12.7. The molecule has 26 heavy (non-hydrogen) atoms. The molecule has 0 aliphatic carbocycles. The van der Waals surface area contributed by atoms with Crippen LogP contribution in [-0.4, -0.2) is 52.5 Å². The van der Waals surface area contributed by atoms with E-state index in [4.69, 9.17) is 0 Å². The minimum Gasteiger partial charge on any atom is -0.352 e. The minimum absolute atomic E-state index is 0.0679. The highest BCUT2D eigenvalue weighted by molar-refractivity contribution is 8.01. The summed E-state index contributed by atoms with van der Waals surface area (Å²) >= 11 is 1.84. The topological polar surface area (TPSA) is 61.4 Å². The van der Waals surface area contributed by atoms with E-state index in [1.54, 1.807) is 0 Å². The molecular weight excluding hydrogens is 346 g/mol. The number of nitrogens with zero attached hydrogens (tertiary/aromatic N) is 1. The third-order valence-corrected chi connectivity index (χ3v) is 7.02. The Morgan fingerprint density at radius 1 is 1.31 bits per heavy atom. The molecule has 2 aliphatic heterocycles. The lowest BCUT2D eigenvalue weighted by molar-refractivity contribution is -0.123. The molecule has 0 saturated carbocycles. The fraction of sp³-hybridized carbons (Fsp3) is 0.600. The molecule has 0 bridgehead atoms. The number of likely N-dealkylation sites (tertiary alicyclic amines) is 1. The second kappa shape index (κ2) is 8.01. The van der Waals surface area contributed by atoms with Gasteiger partial charge in [-0.3, -0.25) is 14.9 Å². The molecule has 2 fully saturated rings. The van der Waals surface area contributed by atoms with Crippen molar-refractivity contribution in [1.82, 2.24) is 15.5 Å². The zero-order valence-corrected chi connectivity index (χ0v) is 16.7. The molecule has 0 aromatic heterocycles. The fourth-order valence-corrected chi connectivity index (χ4v) is 4.89. The van der Waals surface area contributed by atoms with Crippen LogP contribution in [0.1, 0.15) is 49.0 Å². The van der Waals surface area contributed by atoms with E-state index >= 15 is 0 Å². The van der Waals surface area contributed by atoms with E-state index in [0.717, 1.165) is 49.2 Å². The average molecular weight is 376 g/mol. The maximum Gasteiger partial charge on any atom is 0.253 e. The molecule has 2 atom stereocenters. The van der Waals surface area contributed by atoms with Crippen molar-refractivity contribution >= 4 is 23.6 Å². The smallest absolute Gasteiger partial charge is 0.253 e. The van der Waals surface area contributed by atoms with Crippen LogP contribution in [0.15, 0.2) is 24.3 Å². The molecule has 142 valence electrons. The Labute approximate surface area is 160 Å². The molecule has 2 amide bonds. The Kier molecular flexibility index (Phi) is 5.92. The van der Waals surface area contributed by atoms with Crippen LogP contribution in [0.2, 0.25) is 0 Å². The predicted molar refractivity (Wildman–Crippen MR) is 106 cm³/mol. The third kappa shape index (κ3) is 4.23. The van der Waals surface area contributed by atoms with Gasteiger partial charge in [0, 0.05) is 30.4 Å². The van der Waals surface area contributed by atoms with Crippen LogP contribution in [0.3, 0.4) is 0 Å². The second-order valence-corrected chi connectivity index (χ2v) is 8.88. The van der Waals surface area contributed by atoms with Crippen LogP contribution in [0.4, 0.5) is 0 Å². The van der Waals surface area contributed by atoms with Gasteiger partial charge in [-0.25, -0.2) is 0 Å². The summed E-state index contributed by atoms with van der Waals surface area (Å²) in [6.07, 6.45) is 2.69. The minimum atomic E-state index is -0.131. The number of carbonyl (C=O) groups is 2. The highest BCUT2D eigenvalue weighted by atomic mass is 32.2. The van der Waals surface area contributed by atoms with Gasteiger partial charge in [-0.05, 0) is 45.2 Å². The first-order valence-corrected chi connectivity index (χ1v) is 10.5. The zero-order chi connectivity index (χ0) is 18.7. The molecular formula is C20H29N3O2S. The number of nitrogens with one attached hydrogen (secondary N) is 2. The van der Waals surface area contributed by atoms with Gasteiger partial charge in [-0.2, -0.15) is 0 Å². The highest BCUT2D eigenvalue weighted by Crippen LogP contribution is 2.39. The number of piperidine rings is 1. The van der Waals surface area contributed by atoms with E-state index < -0.39 is 0 Å². The largest absolute Gasteiger partial charge is 0.352 e. The van der Waals surface area contributed by atoms with Crippen LogP contribution in [0.25, 0.3) is 0 Å². The molecule has 2 saturated heterocycles. The summed E-state index contributed by atoms with van der Waals surface area (Å²) in [6, 6.07) is 7.84. The number of amides is 2.